The molecule has 0 atom stereocenters. The summed E-state index contributed by atoms with van der Waals surface area (Å²) in [7, 11) is 0. The number of aryl methyl sites for hydroxylation is 1. The van der Waals surface area contributed by atoms with Crippen LogP contribution >= 0.6 is 27.3 Å². The second kappa shape index (κ2) is 6.47. The molecule has 2 heterocycles. The second-order valence-corrected chi connectivity index (χ2v) is 6.48. The van der Waals surface area contributed by atoms with Crippen molar-refractivity contribution < 1.29 is 14.2 Å². The lowest BCUT2D eigenvalue weighted by molar-refractivity contribution is -0.386. The van der Waals surface area contributed by atoms with Crippen LogP contribution in [0.1, 0.15) is 11.5 Å². The number of halogens is 1. The Balaban J connectivity index is 1.75. The first kappa shape index (κ1) is 15.6. The number of benzene rings is 1. The lowest BCUT2D eigenvalue weighted by Crippen LogP contribution is -1.99. The zero-order valence-corrected chi connectivity index (χ0v) is 14.3. The fourth-order valence-electron chi connectivity index (χ4n) is 1.87. The summed E-state index contributed by atoms with van der Waals surface area (Å²) >= 11 is 4.84. The van der Waals surface area contributed by atoms with Crippen molar-refractivity contribution in [2.45, 2.75) is 13.5 Å². The molecule has 3 rings (SSSR count). The van der Waals surface area contributed by atoms with Gasteiger partial charge >= 0.3 is 5.69 Å². The van der Waals surface area contributed by atoms with Gasteiger partial charge < -0.3 is 9.26 Å². The van der Waals surface area contributed by atoms with Gasteiger partial charge in [-0.2, -0.15) is 4.98 Å². The Hall–Kier alpha value is -2.26. The highest BCUT2D eigenvalue weighted by molar-refractivity contribution is 9.10. The number of nitro groups is 1. The van der Waals surface area contributed by atoms with Gasteiger partial charge in [-0.1, -0.05) is 11.2 Å². The molecule has 0 aliphatic rings. The molecule has 0 amide bonds. The molecule has 0 radical (unpaired) electrons. The van der Waals surface area contributed by atoms with Crippen molar-refractivity contribution in [1.29, 1.82) is 0 Å². The van der Waals surface area contributed by atoms with Crippen LogP contribution in [0.25, 0.3) is 10.7 Å². The third kappa shape index (κ3) is 3.57. The lowest BCUT2D eigenvalue weighted by Gasteiger charge is -2.04. The molecular formula is C14H10BrN3O4S. The quantitative estimate of drug-likeness (QED) is 0.470. The lowest BCUT2D eigenvalue weighted by atomic mass is 10.2. The summed E-state index contributed by atoms with van der Waals surface area (Å²) in [6, 6.07) is 6.55. The molecule has 3 aromatic rings. The molecule has 0 unspecified atom stereocenters. The molecule has 0 bridgehead atoms. The molecule has 0 saturated heterocycles. The van der Waals surface area contributed by atoms with Crippen LogP contribution in [0.4, 0.5) is 5.69 Å². The summed E-state index contributed by atoms with van der Waals surface area (Å²) < 4.78 is 11.5. The minimum absolute atomic E-state index is 0.0379. The minimum atomic E-state index is -0.489. The van der Waals surface area contributed by atoms with E-state index in [1.165, 1.54) is 17.4 Å². The molecule has 9 heteroatoms. The molecule has 0 N–H and O–H groups in total. The highest BCUT2D eigenvalue weighted by Crippen LogP contribution is 2.30. The zero-order chi connectivity index (χ0) is 16.4. The van der Waals surface area contributed by atoms with E-state index < -0.39 is 4.92 Å². The average molecular weight is 396 g/mol. The molecule has 7 nitrogen and oxygen atoms in total. The van der Waals surface area contributed by atoms with Crippen molar-refractivity contribution in [3.05, 3.63) is 55.7 Å². The number of hydrogen-bond acceptors (Lipinski definition) is 7. The van der Waals surface area contributed by atoms with E-state index in [4.69, 9.17) is 9.26 Å². The molecule has 0 spiro atoms. The third-order valence-corrected chi connectivity index (χ3v) is 4.61. The van der Waals surface area contributed by atoms with Crippen LogP contribution in [0.5, 0.6) is 5.75 Å². The SMILES string of the molecule is Cc1ccc([N+](=O)[O-])c(OCc2nc(-c3cc(Br)cs3)no2)c1. The van der Waals surface area contributed by atoms with Crippen molar-refractivity contribution in [3.63, 3.8) is 0 Å². The Morgan fingerprint density at radius 1 is 1.43 bits per heavy atom. The highest BCUT2D eigenvalue weighted by Gasteiger charge is 2.17. The molecule has 0 fully saturated rings. The number of thiophene rings is 1. The zero-order valence-electron chi connectivity index (χ0n) is 11.9. The maximum atomic E-state index is 11.0. The van der Waals surface area contributed by atoms with Gasteiger partial charge in [0.15, 0.2) is 12.4 Å². The molecule has 2 aromatic heterocycles. The third-order valence-electron chi connectivity index (χ3n) is 2.92. The fourth-order valence-corrected chi connectivity index (χ4v) is 3.22. The molecule has 23 heavy (non-hydrogen) atoms. The maximum absolute atomic E-state index is 11.0. The first-order valence-electron chi connectivity index (χ1n) is 6.48. The Labute approximate surface area is 143 Å². The molecule has 0 aliphatic carbocycles. The Kier molecular flexibility index (Phi) is 4.39. The first-order valence-corrected chi connectivity index (χ1v) is 8.15. The van der Waals surface area contributed by atoms with Crippen molar-refractivity contribution in [3.8, 4) is 16.5 Å². The van der Waals surface area contributed by atoms with Gasteiger partial charge in [0.1, 0.15) is 0 Å². The van der Waals surface area contributed by atoms with E-state index in [0.717, 1.165) is 14.9 Å². The maximum Gasteiger partial charge on any atom is 0.310 e. The molecule has 0 aliphatic heterocycles. The topological polar surface area (TPSA) is 91.3 Å². The molecule has 1 aromatic carbocycles. The minimum Gasteiger partial charge on any atom is -0.477 e. The first-order chi connectivity index (χ1) is 11.0. The van der Waals surface area contributed by atoms with Crippen molar-refractivity contribution in [1.82, 2.24) is 10.1 Å². The van der Waals surface area contributed by atoms with Gasteiger partial charge in [0, 0.05) is 15.9 Å². The predicted octanol–water partition coefficient (Wildman–Crippen LogP) is 4.36. The van der Waals surface area contributed by atoms with Gasteiger partial charge in [0.2, 0.25) is 5.82 Å². The van der Waals surface area contributed by atoms with Crippen LogP contribution in [0, 0.1) is 17.0 Å². The van der Waals surface area contributed by atoms with Gasteiger partial charge in [-0.15, -0.1) is 11.3 Å². The summed E-state index contributed by atoms with van der Waals surface area (Å²) in [5, 5.41) is 16.8. The van der Waals surface area contributed by atoms with E-state index in [0.29, 0.717) is 5.82 Å². The number of aromatic nitrogens is 2. The van der Waals surface area contributed by atoms with Crippen LogP contribution in [-0.4, -0.2) is 15.1 Å². The predicted molar refractivity (Wildman–Crippen MR) is 87.5 cm³/mol. The van der Waals surface area contributed by atoms with Gasteiger partial charge in [-0.05, 0) is 40.5 Å². The largest absolute Gasteiger partial charge is 0.477 e. The van der Waals surface area contributed by atoms with Crippen LogP contribution in [0.15, 0.2) is 38.6 Å². The Morgan fingerprint density at radius 2 is 2.26 bits per heavy atom. The van der Waals surface area contributed by atoms with Crippen LogP contribution in [-0.2, 0) is 6.61 Å². The van der Waals surface area contributed by atoms with E-state index in [1.54, 1.807) is 12.1 Å². The monoisotopic (exact) mass is 395 g/mol. The molecule has 118 valence electrons. The van der Waals surface area contributed by atoms with Crippen LogP contribution in [0.2, 0.25) is 0 Å². The second-order valence-electron chi connectivity index (χ2n) is 4.66. The molecule has 0 saturated carbocycles. The summed E-state index contributed by atoms with van der Waals surface area (Å²) in [6.45, 7) is 1.79. The summed E-state index contributed by atoms with van der Waals surface area (Å²) in [5.41, 5.74) is 0.762. The normalized spacial score (nSPS) is 10.7. The molecular weight excluding hydrogens is 386 g/mol. The number of hydrogen-bond donors (Lipinski definition) is 0. The van der Waals surface area contributed by atoms with Gasteiger partial charge in [0.05, 0.1) is 9.80 Å². The summed E-state index contributed by atoms with van der Waals surface area (Å²) in [6.07, 6.45) is 0. The van der Waals surface area contributed by atoms with Crippen molar-refractivity contribution in [2.24, 2.45) is 0 Å². The smallest absolute Gasteiger partial charge is 0.310 e. The number of nitro benzene ring substituents is 1. The number of rotatable bonds is 5. The van der Waals surface area contributed by atoms with Gasteiger partial charge in [0.25, 0.3) is 5.89 Å². The summed E-state index contributed by atoms with van der Waals surface area (Å²) in [5.74, 6) is 0.881. The van der Waals surface area contributed by atoms with E-state index in [-0.39, 0.29) is 23.9 Å². The van der Waals surface area contributed by atoms with Crippen molar-refractivity contribution >= 4 is 33.0 Å². The van der Waals surface area contributed by atoms with E-state index in [9.17, 15) is 10.1 Å². The van der Waals surface area contributed by atoms with Crippen LogP contribution < -0.4 is 4.74 Å². The number of ether oxygens (including phenoxy) is 1. The fraction of sp³-hybridized carbons (Fsp3) is 0.143. The summed E-state index contributed by atoms with van der Waals surface area (Å²) in [4.78, 5) is 15.6. The van der Waals surface area contributed by atoms with Gasteiger partial charge in [-0.3, -0.25) is 10.1 Å². The van der Waals surface area contributed by atoms with Crippen molar-refractivity contribution in [2.75, 3.05) is 0 Å². The van der Waals surface area contributed by atoms with E-state index >= 15 is 0 Å². The van der Waals surface area contributed by atoms with E-state index in [2.05, 4.69) is 26.1 Å². The standard InChI is InChI=1S/C14H10BrN3O4S/c1-8-2-3-10(18(19)20)11(4-8)21-6-13-16-14(17-22-13)12-5-9(15)7-23-12/h2-5,7H,6H2,1H3. The average Bonchev–Trinajstić information content (AvgIpc) is 3.13. The Bertz CT molecular complexity index is 861. The Morgan fingerprint density at radius 3 is 2.96 bits per heavy atom. The van der Waals surface area contributed by atoms with Crippen LogP contribution in [0.3, 0.4) is 0 Å². The number of nitrogens with zero attached hydrogens (tertiary/aromatic N) is 3. The van der Waals surface area contributed by atoms with Gasteiger partial charge in [-0.25, -0.2) is 0 Å². The van der Waals surface area contributed by atoms with E-state index in [1.807, 2.05) is 18.4 Å². The highest BCUT2D eigenvalue weighted by atomic mass is 79.9.